The summed E-state index contributed by atoms with van der Waals surface area (Å²) in [6.07, 6.45) is 0.259. The molecule has 0 aromatic heterocycles. The summed E-state index contributed by atoms with van der Waals surface area (Å²) in [6, 6.07) is 19.1. The molecule has 0 unspecified atom stereocenters. The number of likely N-dealkylation sites (N-methyl/N-ethyl adjacent to an activating group) is 1. The van der Waals surface area contributed by atoms with Gasteiger partial charge in [0.15, 0.2) is 0 Å². The van der Waals surface area contributed by atoms with Crippen LogP contribution in [0.1, 0.15) is 29.7 Å². The Balaban J connectivity index is 2.06. The van der Waals surface area contributed by atoms with Gasteiger partial charge in [-0.15, -0.1) is 0 Å². The van der Waals surface area contributed by atoms with Crippen molar-refractivity contribution in [1.29, 1.82) is 0 Å². The van der Waals surface area contributed by atoms with E-state index in [0.717, 1.165) is 13.1 Å². The Labute approximate surface area is 121 Å². The van der Waals surface area contributed by atoms with Gasteiger partial charge in [0.2, 0.25) is 0 Å². The van der Waals surface area contributed by atoms with Crippen molar-refractivity contribution in [2.45, 2.75) is 25.7 Å². The summed E-state index contributed by atoms with van der Waals surface area (Å²) in [7, 11) is 2.15. The zero-order valence-corrected chi connectivity index (χ0v) is 12.1. The molecule has 0 saturated carbocycles. The molecule has 0 fully saturated rings. The van der Waals surface area contributed by atoms with Crippen LogP contribution in [-0.2, 0) is 11.3 Å². The van der Waals surface area contributed by atoms with Gasteiger partial charge in [0.1, 0.15) is 6.10 Å². The Morgan fingerprint density at radius 3 is 2.50 bits per heavy atom. The van der Waals surface area contributed by atoms with Gasteiger partial charge < -0.3 is 4.74 Å². The molecule has 0 N–H and O–H groups in total. The maximum Gasteiger partial charge on any atom is 0.108 e. The summed E-state index contributed by atoms with van der Waals surface area (Å²) in [6.45, 7) is 4.09. The number of ether oxygens (including phenoxy) is 1. The van der Waals surface area contributed by atoms with E-state index in [-0.39, 0.29) is 12.2 Å². The first-order valence-electron chi connectivity index (χ1n) is 7.21. The third-order valence-corrected chi connectivity index (χ3v) is 3.82. The average molecular weight is 267 g/mol. The van der Waals surface area contributed by atoms with Crippen LogP contribution in [-0.4, -0.2) is 24.6 Å². The fraction of sp³-hybridized carbons (Fsp3) is 0.333. The molecule has 1 heterocycles. The van der Waals surface area contributed by atoms with Crippen LogP contribution in [0.25, 0.3) is 0 Å². The molecule has 104 valence electrons. The lowest BCUT2D eigenvalue weighted by molar-refractivity contribution is -0.00500. The van der Waals surface area contributed by atoms with Crippen LogP contribution >= 0.6 is 0 Å². The minimum absolute atomic E-state index is 0.0381. The molecule has 1 aliphatic heterocycles. The van der Waals surface area contributed by atoms with E-state index in [2.05, 4.69) is 73.5 Å². The Morgan fingerprint density at radius 2 is 1.70 bits per heavy atom. The first-order valence-corrected chi connectivity index (χ1v) is 7.21. The molecule has 2 atom stereocenters. The highest BCUT2D eigenvalue weighted by Gasteiger charge is 2.24. The Hall–Kier alpha value is -1.64. The van der Waals surface area contributed by atoms with Gasteiger partial charge in [-0.2, -0.15) is 0 Å². The van der Waals surface area contributed by atoms with Crippen LogP contribution in [0, 0.1) is 0 Å². The quantitative estimate of drug-likeness (QED) is 0.782. The number of hydrogen-bond acceptors (Lipinski definition) is 2. The van der Waals surface area contributed by atoms with Crippen molar-refractivity contribution in [2.24, 2.45) is 0 Å². The predicted octanol–water partition coefficient (Wildman–Crippen LogP) is 3.63. The molecular formula is C18H21NO. The molecule has 2 heteroatoms. The van der Waals surface area contributed by atoms with Crippen LogP contribution in [0.5, 0.6) is 0 Å². The van der Waals surface area contributed by atoms with Crippen molar-refractivity contribution in [3.63, 3.8) is 0 Å². The zero-order chi connectivity index (χ0) is 13.9. The lowest BCUT2D eigenvalue weighted by Gasteiger charge is -2.32. The smallest absolute Gasteiger partial charge is 0.108 e. The number of fused-ring (bicyclic) bond motifs is 1. The van der Waals surface area contributed by atoms with E-state index in [9.17, 15) is 0 Å². The monoisotopic (exact) mass is 267 g/mol. The SMILES string of the molecule is C[C@@H]1CN(C)Cc2ccccc2[C@H](c2ccccc2)O1. The van der Waals surface area contributed by atoms with Gasteiger partial charge in [0.05, 0.1) is 6.10 Å². The molecule has 0 radical (unpaired) electrons. The largest absolute Gasteiger partial charge is 0.365 e. The molecule has 20 heavy (non-hydrogen) atoms. The van der Waals surface area contributed by atoms with Gasteiger partial charge in [-0.3, -0.25) is 4.90 Å². The van der Waals surface area contributed by atoms with Crippen LogP contribution in [0.3, 0.4) is 0 Å². The standard InChI is InChI=1S/C18H21NO/c1-14-12-19(2)13-16-10-6-7-11-17(16)18(20-14)15-8-4-3-5-9-15/h3-11,14,18H,12-13H2,1-2H3/t14-,18+/m1/s1. The van der Waals surface area contributed by atoms with E-state index < -0.39 is 0 Å². The molecule has 0 aliphatic carbocycles. The number of benzene rings is 2. The minimum atomic E-state index is 0.0381. The third kappa shape index (κ3) is 2.77. The molecule has 3 rings (SSSR count). The Bertz CT molecular complexity index is 567. The Kier molecular flexibility index (Phi) is 3.86. The van der Waals surface area contributed by atoms with E-state index in [1.165, 1.54) is 16.7 Å². The minimum Gasteiger partial charge on any atom is -0.365 e. The highest BCUT2D eigenvalue weighted by atomic mass is 16.5. The lowest BCUT2D eigenvalue weighted by Crippen LogP contribution is -2.33. The first-order chi connectivity index (χ1) is 9.74. The molecule has 2 nitrogen and oxygen atoms in total. The summed E-state index contributed by atoms with van der Waals surface area (Å²) in [5.74, 6) is 0. The van der Waals surface area contributed by atoms with Crippen molar-refractivity contribution in [1.82, 2.24) is 4.90 Å². The van der Waals surface area contributed by atoms with E-state index in [0.29, 0.717) is 0 Å². The zero-order valence-electron chi connectivity index (χ0n) is 12.1. The van der Waals surface area contributed by atoms with Crippen molar-refractivity contribution in [2.75, 3.05) is 13.6 Å². The second-order valence-electron chi connectivity index (χ2n) is 5.63. The van der Waals surface area contributed by atoms with Gasteiger partial charge in [0, 0.05) is 13.1 Å². The molecule has 0 spiro atoms. The molecule has 0 bridgehead atoms. The average Bonchev–Trinajstić information content (AvgIpc) is 2.45. The fourth-order valence-electron chi connectivity index (χ4n) is 2.96. The Morgan fingerprint density at radius 1 is 1.00 bits per heavy atom. The lowest BCUT2D eigenvalue weighted by atomic mass is 9.95. The van der Waals surface area contributed by atoms with Crippen molar-refractivity contribution < 1.29 is 4.74 Å². The third-order valence-electron chi connectivity index (χ3n) is 3.82. The molecule has 0 amide bonds. The first kappa shape index (κ1) is 13.3. The van der Waals surface area contributed by atoms with E-state index in [4.69, 9.17) is 4.74 Å². The van der Waals surface area contributed by atoms with Crippen molar-refractivity contribution >= 4 is 0 Å². The molecule has 2 aromatic rings. The highest BCUT2D eigenvalue weighted by Crippen LogP contribution is 2.32. The van der Waals surface area contributed by atoms with Gasteiger partial charge in [-0.25, -0.2) is 0 Å². The fourth-order valence-corrected chi connectivity index (χ4v) is 2.96. The van der Waals surface area contributed by atoms with Crippen LogP contribution in [0.2, 0.25) is 0 Å². The van der Waals surface area contributed by atoms with Gasteiger partial charge in [0.25, 0.3) is 0 Å². The maximum absolute atomic E-state index is 6.33. The van der Waals surface area contributed by atoms with E-state index in [1.807, 2.05) is 0 Å². The molecule has 0 saturated heterocycles. The van der Waals surface area contributed by atoms with Gasteiger partial charge in [-0.05, 0) is 30.7 Å². The number of hydrogen-bond donors (Lipinski definition) is 0. The maximum atomic E-state index is 6.33. The number of rotatable bonds is 1. The van der Waals surface area contributed by atoms with Crippen molar-refractivity contribution in [3.8, 4) is 0 Å². The summed E-state index contributed by atoms with van der Waals surface area (Å²) in [4.78, 5) is 2.32. The number of nitrogens with zero attached hydrogens (tertiary/aromatic N) is 1. The summed E-state index contributed by atoms with van der Waals surface area (Å²) in [5.41, 5.74) is 3.88. The normalized spacial score (nSPS) is 23.7. The van der Waals surface area contributed by atoms with Crippen molar-refractivity contribution in [3.05, 3.63) is 71.3 Å². The molecular weight excluding hydrogens is 246 g/mol. The molecule has 1 aliphatic rings. The second-order valence-corrected chi connectivity index (χ2v) is 5.63. The second kappa shape index (κ2) is 5.78. The summed E-state index contributed by atoms with van der Waals surface area (Å²) >= 11 is 0. The van der Waals surface area contributed by atoms with E-state index in [1.54, 1.807) is 0 Å². The van der Waals surface area contributed by atoms with E-state index >= 15 is 0 Å². The van der Waals surface area contributed by atoms with Crippen LogP contribution < -0.4 is 0 Å². The summed E-state index contributed by atoms with van der Waals surface area (Å²) in [5, 5.41) is 0. The summed E-state index contributed by atoms with van der Waals surface area (Å²) < 4.78 is 6.33. The van der Waals surface area contributed by atoms with Crippen LogP contribution in [0.15, 0.2) is 54.6 Å². The molecule has 2 aromatic carbocycles. The van der Waals surface area contributed by atoms with Crippen LogP contribution in [0.4, 0.5) is 0 Å². The predicted molar refractivity (Wildman–Crippen MR) is 81.6 cm³/mol. The van der Waals surface area contributed by atoms with Gasteiger partial charge in [-0.1, -0.05) is 54.6 Å². The van der Waals surface area contributed by atoms with Gasteiger partial charge >= 0.3 is 0 Å². The topological polar surface area (TPSA) is 12.5 Å². The highest BCUT2D eigenvalue weighted by molar-refractivity contribution is 5.36.